The molecule has 1 saturated heterocycles. The highest BCUT2D eigenvalue weighted by molar-refractivity contribution is 5.85. The molecule has 0 aliphatic carbocycles. The zero-order chi connectivity index (χ0) is 11.4. The zero-order valence-electron chi connectivity index (χ0n) is 8.77. The second-order valence-electron chi connectivity index (χ2n) is 3.60. The van der Waals surface area contributed by atoms with Crippen molar-refractivity contribution in [1.29, 1.82) is 0 Å². The lowest BCUT2D eigenvalue weighted by Gasteiger charge is -2.18. The molecule has 2 amide bonds. The van der Waals surface area contributed by atoms with Crippen LogP contribution in [0.2, 0.25) is 0 Å². The van der Waals surface area contributed by atoms with Gasteiger partial charge in [0.15, 0.2) is 0 Å². The maximum atomic E-state index is 11.7. The van der Waals surface area contributed by atoms with Gasteiger partial charge in [0.1, 0.15) is 6.10 Å². The Kier molecular flexibility index (Phi) is 4.05. The quantitative estimate of drug-likeness (QED) is 0.496. The average molecular weight is 215 g/mol. The van der Waals surface area contributed by atoms with E-state index in [1.54, 1.807) is 0 Å². The normalized spacial score (nSPS) is 23.2. The molecule has 0 saturated carbocycles. The second-order valence-corrected chi connectivity index (χ2v) is 3.60. The smallest absolute Gasteiger partial charge is 0.248 e. The minimum absolute atomic E-state index is 0.00391. The van der Waals surface area contributed by atoms with E-state index in [1.807, 2.05) is 6.92 Å². The van der Waals surface area contributed by atoms with Crippen LogP contribution < -0.4 is 11.1 Å². The van der Waals surface area contributed by atoms with E-state index in [1.165, 1.54) is 4.90 Å². The van der Waals surface area contributed by atoms with Crippen LogP contribution in [0.5, 0.6) is 0 Å². The van der Waals surface area contributed by atoms with Gasteiger partial charge in [0, 0.05) is 6.54 Å². The Morgan fingerprint density at radius 3 is 3.00 bits per heavy atom. The molecular weight excluding hydrogens is 198 g/mol. The van der Waals surface area contributed by atoms with Crippen molar-refractivity contribution >= 4 is 11.8 Å². The van der Waals surface area contributed by atoms with E-state index in [9.17, 15) is 14.7 Å². The van der Waals surface area contributed by atoms with Crippen molar-refractivity contribution < 1.29 is 14.7 Å². The van der Waals surface area contributed by atoms with Crippen molar-refractivity contribution in [3.63, 3.8) is 0 Å². The largest absolute Gasteiger partial charge is 0.381 e. The van der Waals surface area contributed by atoms with Crippen LogP contribution in [0.15, 0.2) is 0 Å². The number of carbonyl (C=O) groups excluding carboxylic acids is 2. The maximum Gasteiger partial charge on any atom is 0.248 e. The molecule has 0 aromatic rings. The summed E-state index contributed by atoms with van der Waals surface area (Å²) in [7, 11) is 0. The van der Waals surface area contributed by atoms with Crippen LogP contribution in [0, 0.1) is 0 Å². The van der Waals surface area contributed by atoms with Gasteiger partial charge in [0.25, 0.3) is 0 Å². The summed E-state index contributed by atoms with van der Waals surface area (Å²) < 4.78 is 0. The number of carbonyl (C=O) groups is 2. The lowest BCUT2D eigenvalue weighted by molar-refractivity contribution is -0.133. The van der Waals surface area contributed by atoms with Crippen LogP contribution >= 0.6 is 0 Å². The summed E-state index contributed by atoms with van der Waals surface area (Å²) in [6.07, 6.45) is -0.563. The van der Waals surface area contributed by atoms with Gasteiger partial charge < -0.3 is 21.1 Å². The minimum atomic E-state index is -1.27. The molecule has 2 atom stereocenters. The van der Waals surface area contributed by atoms with E-state index in [-0.39, 0.29) is 18.5 Å². The van der Waals surface area contributed by atoms with E-state index in [0.717, 1.165) is 6.54 Å². The number of nitrogens with two attached hydrogens (primary N) is 1. The Balaban J connectivity index is 2.45. The number of rotatable bonds is 5. The highest BCUT2D eigenvalue weighted by atomic mass is 16.3. The summed E-state index contributed by atoms with van der Waals surface area (Å²) in [5.74, 6) is -0.869. The highest BCUT2D eigenvalue weighted by Crippen LogP contribution is 2.11. The van der Waals surface area contributed by atoms with Crippen LogP contribution in [0.3, 0.4) is 0 Å². The number of likely N-dealkylation sites (tertiary alicyclic amines) is 1. The molecule has 6 heteroatoms. The SMILES string of the molecule is CCNC1CCN(CC(O)C(N)=O)C1=O. The third kappa shape index (κ3) is 2.90. The van der Waals surface area contributed by atoms with Gasteiger partial charge in [-0.1, -0.05) is 6.92 Å². The first-order chi connectivity index (χ1) is 7.06. The Morgan fingerprint density at radius 1 is 1.80 bits per heavy atom. The number of hydrogen-bond acceptors (Lipinski definition) is 4. The summed E-state index contributed by atoms with van der Waals surface area (Å²) in [6, 6.07) is -0.185. The topological polar surface area (TPSA) is 95.7 Å². The van der Waals surface area contributed by atoms with Crippen molar-refractivity contribution in [3.05, 3.63) is 0 Å². The number of β-amino-alcohol motifs (C(OH)–C–C–N with tert-alkyl or cyclic N) is 1. The van der Waals surface area contributed by atoms with E-state index < -0.39 is 12.0 Å². The summed E-state index contributed by atoms with van der Waals surface area (Å²) in [6.45, 7) is 3.20. The third-order valence-electron chi connectivity index (χ3n) is 2.47. The molecule has 1 aliphatic rings. The van der Waals surface area contributed by atoms with E-state index in [4.69, 9.17) is 5.73 Å². The Morgan fingerprint density at radius 2 is 2.47 bits per heavy atom. The van der Waals surface area contributed by atoms with Gasteiger partial charge in [0.2, 0.25) is 11.8 Å². The first kappa shape index (κ1) is 11.9. The van der Waals surface area contributed by atoms with Crippen molar-refractivity contribution in [1.82, 2.24) is 10.2 Å². The molecule has 15 heavy (non-hydrogen) atoms. The Hall–Kier alpha value is -1.14. The van der Waals surface area contributed by atoms with Crippen molar-refractivity contribution in [2.75, 3.05) is 19.6 Å². The monoisotopic (exact) mass is 215 g/mol. The predicted molar refractivity (Wildman–Crippen MR) is 53.9 cm³/mol. The maximum absolute atomic E-state index is 11.7. The lowest BCUT2D eigenvalue weighted by Crippen LogP contribution is -2.44. The number of aliphatic hydroxyl groups excluding tert-OH is 1. The van der Waals surface area contributed by atoms with E-state index >= 15 is 0 Å². The van der Waals surface area contributed by atoms with Crippen molar-refractivity contribution in [2.24, 2.45) is 5.73 Å². The van der Waals surface area contributed by atoms with E-state index in [2.05, 4.69) is 5.32 Å². The van der Waals surface area contributed by atoms with Gasteiger partial charge in [-0.3, -0.25) is 9.59 Å². The second kappa shape index (κ2) is 5.09. The summed E-state index contributed by atoms with van der Waals surface area (Å²) in [5, 5.41) is 12.3. The molecule has 86 valence electrons. The number of amides is 2. The van der Waals surface area contributed by atoms with Gasteiger partial charge in [-0.25, -0.2) is 0 Å². The van der Waals surface area contributed by atoms with Crippen LogP contribution in [0.25, 0.3) is 0 Å². The Labute approximate surface area is 88.4 Å². The molecule has 2 unspecified atom stereocenters. The minimum Gasteiger partial charge on any atom is -0.381 e. The molecule has 0 aromatic heterocycles. The number of hydrogen-bond donors (Lipinski definition) is 3. The molecule has 1 aliphatic heterocycles. The van der Waals surface area contributed by atoms with E-state index in [0.29, 0.717) is 13.0 Å². The molecule has 0 spiro atoms. The summed E-state index contributed by atoms with van der Waals surface area (Å²) >= 11 is 0. The fraction of sp³-hybridized carbons (Fsp3) is 0.778. The van der Waals surface area contributed by atoms with Gasteiger partial charge in [-0.05, 0) is 13.0 Å². The number of likely N-dealkylation sites (N-methyl/N-ethyl adjacent to an activating group) is 1. The summed E-state index contributed by atoms with van der Waals surface area (Å²) in [4.78, 5) is 23.7. The molecule has 0 aromatic carbocycles. The molecule has 0 radical (unpaired) electrons. The standard InChI is InChI=1S/C9H17N3O3/c1-2-11-6-3-4-12(9(6)15)5-7(13)8(10)14/h6-7,11,13H,2-5H2,1H3,(H2,10,14). The first-order valence-electron chi connectivity index (χ1n) is 5.05. The summed E-state index contributed by atoms with van der Waals surface area (Å²) in [5.41, 5.74) is 4.91. The fourth-order valence-corrected chi connectivity index (χ4v) is 1.65. The molecule has 1 fully saturated rings. The molecular formula is C9H17N3O3. The van der Waals surface area contributed by atoms with Gasteiger partial charge in [-0.2, -0.15) is 0 Å². The Bertz CT molecular complexity index is 257. The van der Waals surface area contributed by atoms with Gasteiger partial charge >= 0.3 is 0 Å². The lowest BCUT2D eigenvalue weighted by atomic mass is 10.2. The van der Waals surface area contributed by atoms with Gasteiger partial charge in [-0.15, -0.1) is 0 Å². The number of nitrogens with one attached hydrogen (secondary N) is 1. The molecule has 1 heterocycles. The van der Waals surface area contributed by atoms with Crippen LogP contribution in [0.4, 0.5) is 0 Å². The first-order valence-corrected chi connectivity index (χ1v) is 5.05. The van der Waals surface area contributed by atoms with Gasteiger partial charge in [0.05, 0.1) is 12.6 Å². The van der Waals surface area contributed by atoms with Crippen LogP contribution in [0.1, 0.15) is 13.3 Å². The number of primary amides is 1. The predicted octanol–water partition coefficient (Wildman–Crippen LogP) is -1.96. The highest BCUT2D eigenvalue weighted by Gasteiger charge is 2.32. The molecule has 4 N–H and O–H groups in total. The average Bonchev–Trinajstić information content (AvgIpc) is 2.50. The number of nitrogens with zero attached hydrogens (tertiary/aromatic N) is 1. The molecule has 0 bridgehead atoms. The molecule has 1 rings (SSSR count). The number of aliphatic hydroxyl groups is 1. The van der Waals surface area contributed by atoms with Crippen molar-refractivity contribution in [2.45, 2.75) is 25.5 Å². The van der Waals surface area contributed by atoms with Crippen LogP contribution in [-0.2, 0) is 9.59 Å². The molecule has 6 nitrogen and oxygen atoms in total. The zero-order valence-corrected chi connectivity index (χ0v) is 8.77. The van der Waals surface area contributed by atoms with Crippen LogP contribution in [-0.4, -0.2) is 53.6 Å². The third-order valence-corrected chi connectivity index (χ3v) is 2.47. The van der Waals surface area contributed by atoms with Crippen molar-refractivity contribution in [3.8, 4) is 0 Å². The fourth-order valence-electron chi connectivity index (χ4n) is 1.65.